The monoisotopic (exact) mass is 384 g/mol. The van der Waals surface area contributed by atoms with Crippen molar-refractivity contribution in [2.24, 2.45) is 5.14 Å². The van der Waals surface area contributed by atoms with E-state index in [-0.39, 0.29) is 16.9 Å². The summed E-state index contributed by atoms with van der Waals surface area (Å²) in [7, 11) is -1.86. The van der Waals surface area contributed by atoms with E-state index in [2.05, 4.69) is 5.32 Å². The molecule has 2 aromatic rings. The molecule has 4 nitrogen and oxygen atoms in total. The summed E-state index contributed by atoms with van der Waals surface area (Å²) in [5, 5.41) is 9.57. The average molecular weight is 385 g/mol. The Morgan fingerprint density at radius 2 is 1.79 bits per heavy atom. The van der Waals surface area contributed by atoms with Crippen molar-refractivity contribution in [1.82, 2.24) is 5.32 Å². The van der Waals surface area contributed by atoms with E-state index in [4.69, 9.17) is 28.3 Å². The molecular weight excluding hydrogens is 367 g/mol. The smallest absolute Gasteiger partial charge is 0.238 e. The number of hydrogen-bond donors (Lipinski definition) is 2. The summed E-state index contributed by atoms with van der Waals surface area (Å²) in [6.45, 7) is 0. The summed E-state index contributed by atoms with van der Waals surface area (Å²) < 4.78 is 23.3. The Labute approximate surface area is 152 Å². The first-order valence-electron chi connectivity index (χ1n) is 7.60. The maximum Gasteiger partial charge on any atom is 0.238 e. The molecule has 7 heteroatoms. The summed E-state index contributed by atoms with van der Waals surface area (Å²) >= 11 is 12.2. The molecule has 0 radical (unpaired) electrons. The highest BCUT2D eigenvalue weighted by Crippen LogP contribution is 2.42. The Morgan fingerprint density at radius 3 is 2.42 bits per heavy atom. The fraction of sp³-hybridized carbons (Fsp3) is 0.294. The lowest BCUT2D eigenvalue weighted by atomic mass is 9.77. The standard InChI is InChI=1S/C17H18Cl2N2O2S/c1-21-17-7-5-12(10-2-6-15(18)16(19)8-10)13-4-3-11(9-14(13)17)24(20,22)23/h2-4,6,8-9,12,17,21H,5,7H2,1H3,(H2,20,22,23)/t12-,17+/m0/s1. The van der Waals surface area contributed by atoms with Gasteiger partial charge >= 0.3 is 0 Å². The van der Waals surface area contributed by atoms with Crippen molar-refractivity contribution in [2.75, 3.05) is 7.05 Å². The molecule has 0 aromatic heterocycles. The van der Waals surface area contributed by atoms with Gasteiger partial charge in [0.1, 0.15) is 0 Å². The van der Waals surface area contributed by atoms with Gasteiger partial charge in [-0.3, -0.25) is 0 Å². The van der Waals surface area contributed by atoms with E-state index in [1.165, 1.54) is 0 Å². The minimum atomic E-state index is -3.73. The average Bonchev–Trinajstić information content (AvgIpc) is 2.55. The van der Waals surface area contributed by atoms with E-state index in [0.29, 0.717) is 10.0 Å². The molecule has 0 amide bonds. The van der Waals surface area contributed by atoms with E-state index >= 15 is 0 Å². The molecule has 0 saturated heterocycles. The fourth-order valence-corrected chi connectivity index (χ4v) is 4.22. The van der Waals surface area contributed by atoms with Gasteiger partial charge in [0.25, 0.3) is 0 Å². The third-order valence-electron chi connectivity index (χ3n) is 4.58. The number of hydrogen-bond acceptors (Lipinski definition) is 3. The van der Waals surface area contributed by atoms with E-state index in [1.807, 2.05) is 25.2 Å². The van der Waals surface area contributed by atoms with Crippen LogP contribution in [0.4, 0.5) is 0 Å². The van der Waals surface area contributed by atoms with Crippen molar-refractivity contribution in [1.29, 1.82) is 0 Å². The van der Waals surface area contributed by atoms with Crippen LogP contribution in [0, 0.1) is 0 Å². The molecule has 3 N–H and O–H groups in total. The number of primary sulfonamides is 1. The second-order valence-electron chi connectivity index (χ2n) is 5.98. The number of sulfonamides is 1. The van der Waals surface area contributed by atoms with Gasteiger partial charge in [0.05, 0.1) is 14.9 Å². The van der Waals surface area contributed by atoms with Crippen molar-refractivity contribution >= 4 is 33.2 Å². The molecule has 1 aliphatic rings. The van der Waals surface area contributed by atoms with Gasteiger partial charge in [-0.05, 0) is 60.8 Å². The molecule has 0 unspecified atom stereocenters. The second kappa shape index (κ2) is 6.65. The maximum absolute atomic E-state index is 11.7. The molecule has 0 fully saturated rings. The van der Waals surface area contributed by atoms with Crippen molar-refractivity contribution in [3.63, 3.8) is 0 Å². The number of halogens is 2. The Hall–Kier alpha value is -1.11. The van der Waals surface area contributed by atoms with Gasteiger partial charge in [-0.25, -0.2) is 13.6 Å². The van der Waals surface area contributed by atoms with E-state index in [9.17, 15) is 8.42 Å². The molecule has 0 saturated carbocycles. The molecule has 2 atom stereocenters. The second-order valence-corrected chi connectivity index (χ2v) is 8.36. The number of rotatable bonds is 3. The maximum atomic E-state index is 11.7. The molecule has 0 spiro atoms. The van der Waals surface area contributed by atoms with Crippen molar-refractivity contribution in [2.45, 2.75) is 29.7 Å². The molecule has 0 aliphatic heterocycles. The Morgan fingerprint density at radius 1 is 1.04 bits per heavy atom. The Balaban J connectivity index is 2.12. The largest absolute Gasteiger partial charge is 0.313 e. The van der Waals surface area contributed by atoms with Gasteiger partial charge in [0.15, 0.2) is 0 Å². The minimum Gasteiger partial charge on any atom is -0.313 e. The highest BCUT2D eigenvalue weighted by atomic mass is 35.5. The van der Waals surface area contributed by atoms with Crippen molar-refractivity contribution in [3.8, 4) is 0 Å². The van der Waals surface area contributed by atoms with Gasteiger partial charge in [0.2, 0.25) is 10.0 Å². The van der Waals surface area contributed by atoms with Crippen LogP contribution in [0.3, 0.4) is 0 Å². The van der Waals surface area contributed by atoms with Gasteiger partial charge in [-0.1, -0.05) is 35.3 Å². The third kappa shape index (κ3) is 3.32. The highest BCUT2D eigenvalue weighted by Gasteiger charge is 2.29. The van der Waals surface area contributed by atoms with Crippen LogP contribution >= 0.6 is 23.2 Å². The van der Waals surface area contributed by atoms with E-state index in [0.717, 1.165) is 29.5 Å². The quantitative estimate of drug-likeness (QED) is 0.844. The van der Waals surface area contributed by atoms with Crippen LogP contribution in [0.25, 0.3) is 0 Å². The molecule has 128 valence electrons. The summed E-state index contributed by atoms with van der Waals surface area (Å²) in [5.74, 6) is 0.147. The molecular formula is C17H18Cl2N2O2S. The summed E-state index contributed by atoms with van der Waals surface area (Å²) in [4.78, 5) is 0.135. The topological polar surface area (TPSA) is 72.2 Å². The van der Waals surface area contributed by atoms with E-state index in [1.54, 1.807) is 18.2 Å². The summed E-state index contributed by atoms with van der Waals surface area (Å²) in [5.41, 5.74) is 3.13. The number of nitrogens with one attached hydrogen (secondary N) is 1. The third-order valence-corrected chi connectivity index (χ3v) is 6.23. The van der Waals surface area contributed by atoms with Crippen LogP contribution in [-0.4, -0.2) is 15.5 Å². The molecule has 24 heavy (non-hydrogen) atoms. The van der Waals surface area contributed by atoms with Gasteiger partial charge < -0.3 is 5.32 Å². The van der Waals surface area contributed by atoms with Crippen LogP contribution in [0.2, 0.25) is 10.0 Å². The van der Waals surface area contributed by atoms with Gasteiger partial charge in [-0.2, -0.15) is 0 Å². The Kier molecular flexibility index (Phi) is 4.91. The normalized spacial score (nSPS) is 20.7. The lowest BCUT2D eigenvalue weighted by Crippen LogP contribution is -2.25. The molecule has 3 rings (SSSR count). The van der Waals surface area contributed by atoms with Crippen LogP contribution in [0.1, 0.15) is 41.5 Å². The van der Waals surface area contributed by atoms with Crippen molar-refractivity contribution < 1.29 is 8.42 Å². The van der Waals surface area contributed by atoms with Crippen LogP contribution in [0.5, 0.6) is 0 Å². The van der Waals surface area contributed by atoms with Crippen LogP contribution < -0.4 is 10.5 Å². The first kappa shape index (κ1) is 17.7. The molecule has 0 bridgehead atoms. The number of benzene rings is 2. The lowest BCUT2D eigenvalue weighted by Gasteiger charge is -2.32. The zero-order valence-corrected chi connectivity index (χ0v) is 15.4. The first-order chi connectivity index (χ1) is 11.3. The summed E-state index contributed by atoms with van der Waals surface area (Å²) in [6.07, 6.45) is 1.83. The molecule has 2 aromatic carbocycles. The first-order valence-corrected chi connectivity index (χ1v) is 9.90. The zero-order valence-electron chi connectivity index (χ0n) is 13.1. The summed E-state index contributed by atoms with van der Waals surface area (Å²) in [6, 6.07) is 10.8. The Bertz CT molecular complexity index is 884. The van der Waals surface area contributed by atoms with Crippen molar-refractivity contribution in [3.05, 3.63) is 63.1 Å². The minimum absolute atomic E-state index is 0.0979. The van der Waals surface area contributed by atoms with Gasteiger partial charge in [0, 0.05) is 12.0 Å². The predicted molar refractivity (Wildman–Crippen MR) is 97.2 cm³/mol. The zero-order chi connectivity index (χ0) is 17.5. The van der Waals surface area contributed by atoms with E-state index < -0.39 is 10.0 Å². The molecule has 1 aliphatic carbocycles. The van der Waals surface area contributed by atoms with Gasteiger partial charge in [-0.15, -0.1) is 0 Å². The number of nitrogens with two attached hydrogens (primary N) is 1. The van der Waals surface area contributed by atoms with Crippen LogP contribution in [0.15, 0.2) is 41.3 Å². The van der Waals surface area contributed by atoms with Crippen LogP contribution in [-0.2, 0) is 10.0 Å². The number of fused-ring (bicyclic) bond motifs is 1. The lowest BCUT2D eigenvalue weighted by molar-refractivity contribution is 0.469. The predicted octanol–water partition coefficient (Wildman–Crippen LogP) is 3.83. The highest BCUT2D eigenvalue weighted by molar-refractivity contribution is 7.89. The molecule has 0 heterocycles. The SMILES string of the molecule is CN[C@@H]1CC[C@@H](c2ccc(Cl)c(Cl)c2)c2ccc(S(N)(=O)=O)cc21. The fourth-order valence-electron chi connectivity index (χ4n) is 3.37.